The van der Waals surface area contributed by atoms with Crippen LogP contribution in [-0.2, 0) is 4.79 Å². The first-order valence-electron chi connectivity index (χ1n) is 7.71. The summed E-state index contributed by atoms with van der Waals surface area (Å²) in [6.07, 6.45) is 1.88. The highest BCUT2D eigenvalue weighted by molar-refractivity contribution is 8.18. The molecule has 4 nitrogen and oxygen atoms in total. The Morgan fingerprint density at radius 3 is 2.50 bits per heavy atom. The molecule has 1 amide bonds. The number of hydrogen-bond acceptors (Lipinski definition) is 4. The van der Waals surface area contributed by atoms with Crippen LogP contribution in [0.1, 0.15) is 12.5 Å². The number of aliphatic imine (C=N–C) groups is 1. The third-order valence-electron chi connectivity index (χ3n) is 3.47. The summed E-state index contributed by atoms with van der Waals surface area (Å²) in [6, 6.07) is 17.3. The lowest BCUT2D eigenvalue weighted by Gasteiger charge is -2.06. The summed E-state index contributed by atoms with van der Waals surface area (Å²) in [4.78, 5) is 19.2. The van der Waals surface area contributed by atoms with Gasteiger partial charge in [-0.05, 0) is 54.6 Å². The van der Waals surface area contributed by atoms with Gasteiger partial charge in [0.15, 0.2) is 5.17 Å². The maximum atomic E-state index is 12.4. The molecule has 0 unspecified atom stereocenters. The van der Waals surface area contributed by atoms with E-state index in [9.17, 15) is 4.79 Å². The quantitative estimate of drug-likeness (QED) is 0.780. The van der Waals surface area contributed by atoms with Crippen LogP contribution < -0.4 is 4.74 Å². The number of rotatable bonds is 4. The van der Waals surface area contributed by atoms with Gasteiger partial charge in [-0.1, -0.05) is 30.3 Å². The zero-order chi connectivity index (χ0) is 16.9. The molecule has 0 aromatic heterocycles. The number of carbonyl (C=O) groups is 1. The predicted octanol–water partition coefficient (Wildman–Crippen LogP) is 4.32. The molecule has 24 heavy (non-hydrogen) atoms. The van der Waals surface area contributed by atoms with Gasteiger partial charge in [-0.3, -0.25) is 9.69 Å². The number of carbonyl (C=O) groups excluding carboxylic acids is 1. The molecule has 0 atom stereocenters. The molecule has 0 aliphatic carbocycles. The monoisotopic (exact) mass is 338 g/mol. The van der Waals surface area contributed by atoms with Gasteiger partial charge in [0.2, 0.25) is 0 Å². The van der Waals surface area contributed by atoms with Gasteiger partial charge in [0.05, 0.1) is 17.2 Å². The van der Waals surface area contributed by atoms with E-state index in [4.69, 9.17) is 4.74 Å². The van der Waals surface area contributed by atoms with E-state index in [1.54, 1.807) is 11.9 Å². The highest BCUT2D eigenvalue weighted by Crippen LogP contribution is 2.33. The van der Waals surface area contributed by atoms with Crippen molar-refractivity contribution < 1.29 is 9.53 Å². The molecule has 3 rings (SSSR count). The number of nitrogens with zero attached hydrogens (tertiary/aromatic N) is 2. The fourth-order valence-corrected chi connectivity index (χ4v) is 3.23. The molecule has 5 heteroatoms. The van der Waals surface area contributed by atoms with Crippen LogP contribution in [0.25, 0.3) is 6.08 Å². The zero-order valence-electron chi connectivity index (χ0n) is 13.6. The minimum Gasteiger partial charge on any atom is -0.494 e. The van der Waals surface area contributed by atoms with Crippen molar-refractivity contribution in [2.24, 2.45) is 4.99 Å². The largest absolute Gasteiger partial charge is 0.494 e. The topological polar surface area (TPSA) is 41.9 Å². The minimum atomic E-state index is -0.0384. The molecule has 1 heterocycles. The molecule has 0 saturated carbocycles. The SMILES string of the molecule is CCOc1ccc(/C=C2\SC(=Nc3ccccc3)N(C)C2=O)cc1. The van der Waals surface area contributed by atoms with Crippen LogP contribution in [0.15, 0.2) is 64.5 Å². The van der Waals surface area contributed by atoms with Gasteiger partial charge in [0.1, 0.15) is 5.75 Å². The van der Waals surface area contributed by atoms with Gasteiger partial charge >= 0.3 is 0 Å². The Kier molecular flexibility index (Phi) is 5.01. The fourth-order valence-electron chi connectivity index (χ4n) is 2.24. The van der Waals surface area contributed by atoms with E-state index in [0.29, 0.717) is 16.7 Å². The van der Waals surface area contributed by atoms with E-state index in [0.717, 1.165) is 17.0 Å². The van der Waals surface area contributed by atoms with Crippen molar-refractivity contribution in [2.45, 2.75) is 6.92 Å². The molecule has 0 N–H and O–H groups in total. The average Bonchev–Trinajstić information content (AvgIpc) is 2.86. The predicted molar refractivity (Wildman–Crippen MR) is 99.5 cm³/mol. The van der Waals surface area contributed by atoms with E-state index in [-0.39, 0.29) is 5.91 Å². The summed E-state index contributed by atoms with van der Waals surface area (Å²) in [5.41, 5.74) is 1.80. The van der Waals surface area contributed by atoms with Crippen molar-refractivity contribution >= 4 is 34.6 Å². The third-order valence-corrected chi connectivity index (χ3v) is 4.53. The second-order valence-electron chi connectivity index (χ2n) is 5.21. The molecule has 1 fully saturated rings. The lowest BCUT2D eigenvalue weighted by atomic mass is 10.2. The highest BCUT2D eigenvalue weighted by atomic mass is 32.2. The number of benzene rings is 2. The maximum absolute atomic E-state index is 12.4. The summed E-state index contributed by atoms with van der Waals surface area (Å²) in [5.74, 6) is 0.789. The second-order valence-corrected chi connectivity index (χ2v) is 6.22. The van der Waals surface area contributed by atoms with E-state index in [1.165, 1.54) is 11.8 Å². The van der Waals surface area contributed by atoms with E-state index >= 15 is 0 Å². The molecule has 1 saturated heterocycles. The average molecular weight is 338 g/mol. The van der Waals surface area contributed by atoms with Crippen molar-refractivity contribution in [3.8, 4) is 5.75 Å². The van der Waals surface area contributed by atoms with Crippen molar-refractivity contribution in [3.63, 3.8) is 0 Å². The van der Waals surface area contributed by atoms with E-state index in [1.807, 2.05) is 67.6 Å². The molecular weight excluding hydrogens is 320 g/mol. The third kappa shape index (κ3) is 3.68. The van der Waals surface area contributed by atoms with Gasteiger partial charge in [-0.15, -0.1) is 0 Å². The number of amides is 1. The number of thioether (sulfide) groups is 1. The second kappa shape index (κ2) is 7.36. The first-order chi connectivity index (χ1) is 11.7. The van der Waals surface area contributed by atoms with Crippen LogP contribution in [0.2, 0.25) is 0 Å². The Balaban J connectivity index is 1.82. The standard InChI is InChI=1S/C19H18N2O2S/c1-3-23-16-11-9-14(10-12-16)13-17-18(22)21(2)19(24-17)20-15-7-5-4-6-8-15/h4-13H,3H2,1-2H3/b17-13-,20-19?. The van der Waals surface area contributed by atoms with Crippen LogP contribution in [0.5, 0.6) is 5.75 Å². The summed E-state index contributed by atoms with van der Waals surface area (Å²) < 4.78 is 5.43. The molecule has 2 aromatic rings. The number of para-hydroxylation sites is 1. The van der Waals surface area contributed by atoms with Crippen LogP contribution >= 0.6 is 11.8 Å². The Bertz CT molecular complexity index is 783. The molecule has 0 radical (unpaired) electrons. The number of hydrogen-bond donors (Lipinski definition) is 0. The summed E-state index contributed by atoms with van der Waals surface area (Å²) >= 11 is 1.39. The maximum Gasteiger partial charge on any atom is 0.266 e. The smallest absolute Gasteiger partial charge is 0.266 e. The van der Waals surface area contributed by atoms with Gasteiger partial charge < -0.3 is 4.74 Å². The molecular formula is C19H18N2O2S. The van der Waals surface area contributed by atoms with Crippen molar-refractivity contribution in [3.05, 3.63) is 65.1 Å². The summed E-state index contributed by atoms with van der Waals surface area (Å²) in [7, 11) is 1.75. The lowest BCUT2D eigenvalue weighted by Crippen LogP contribution is -2.23. The number of ether oxygens (including phenoxy) is 1. The Morgan fingerprint density at radius 2 is 1.83 bits per heavy atom. The minimum absolute atomic E-state index is 0.0384. The van der Waals surface area contributed by atoms with Crippen molar-refractivity contribution in [1.82, 2.24) is 4.90 Å². The summed E-state index contributed by atoms with van der Waals surface area (Å²) in [6.45, 7) is 2.59. The Morgan fingerprint density at radius 1 is 1.12 bits per heavy atom. The fraction of sp³-hybridized carbons (Fsp3) is 0.158. The Hall–Kier alpha value is -2.53. The van der Waals surface area contributed by atoms with Crippen LogP contribution in [0.4, 0.5) is 5.69 Å². The van der Waals surface area contributed by atoms with Gasteiger partial charge in [-0.25, -0.2) is 4.99 Å². The molecule has 1 aliphatic heterocycles. The van der Waals surface area contributed by atoms with Gasteiger partial charge in [0, 0.05) is 7.05 Å². The van der Waals surface area contributed by atoms with Crippen LogP contribution in [0, 0.1) is 0 Å². The molecule has 122 valence electrons. The van der Waals surface area contributed by atoms with Crippen molar-refractivity contribution in [1.29, 1.82) is 0 Å². The number of amidine groups is 1. The number of likely N-dealkylation sites (N-methyl/N-ethyl adjacent to an activating group) is 1. The first-order valence-corrected chi connectivity index (χ1v) is 8.53. The Labute approximate surface area is 145 Å². The van der Waals surface area contributed by atoms with E-state index in [2.05, 4.69) is 4.99 Å². The van der Waals surface area contributed by atoms with Crippen molar-refractivity contribution in [2.75, 3.05) is 13.7 Å². The normalized spacial score (nSPS) is 17.8. The van der Waals surface area contributed by atoms with Gasteiger partial charge in [0.25, 0.3) is 5.91 Å². The molecule has 1 aliphatic rings. The zero-order valence-corrected chi connectivity index (χ0v) is 14.4. The molecule has 0 spiro atoms. The molecule has 2 aromatic carbocycles. The van der Waals surface area contributed by atoms with Crippen LogP contribution in [-0.4, -0.2) is 29.6 Å². The lowest BCUT2D eigenvalue weighted by molar-refractivity contribution is -0.121. The van der Waals surface area contributed by atoms with E-state index < -0.39 is 0 Å². The highest BCUT2D eigenvalue weighted by Gasteiger charge is 2.30. The first kappa shape index (κ1) is 16.3. The van der Waals surface area contributed by atoms with Gasteiger partial charge in [-0.2, -0.15) is 0 Å². The van der Waals surface area contributed by atoms with Crippen LogP contribution in [0.3, 0.4) is 0 Å². The molecule has 0 bridgehead atoms. The summed E-state index contributed by atoms with van der Waals surface area (Å²) in [5, 5.41) is 0.684.